The molecule has 0 radical (unpaired) electrons. The number of rotatable bonds is 4. The van der Waals surface area contributed by atoms with Gasteiger partial charge in [-0.2, -0.15) is 0 Å². The van der Waals surface area contributed by atoms with Crippen molar-refractivity contribution in [2.24, 2.45) is 0 Å². The molecule has 124 valence electrons. The van der Waals surface area contributed by atoms with Gasteiger partial charge in [-0.3, -0.25) is 4.79 Å². The SMILES string of the molecule is Cc1ccc(Nc2nc(N)c(C(=O)c3c[nH]c4ccccc34)s2)cc1. The molecule has 0 amide bonds. The fourth-order valence-corrected chi connectivity index (χ4v) is 3.55. The number of thiazole rings is 1. The molecule has 6 heteroatoms. The molecule has 25 heavy (non-hydrogen) atoms. The Labute approximate surface area is 148 Å². The van der Waals surface area contributed by atoms with Crippen molar-refractivity contribution in [3.63, 3.8) is 0 Å². The number of hydrogen-bond donors (Lipinski definition) is 3. The summed E-state index contributed by atoms with van der Waals surface area (Å²) >= 11 is 1.26. The minimum Gasteiger partial charge on any atom is -0.382 e. The van der Waals surface area contributed by atoms with Crippen LogP contribution in [-0.2, 0) is 0 Å². The minimum atomic E-state index is -0.121. The first-order valence-corrected chi connectivity index (χ1v) is 8.64. The molecule has 0 fully saturated rings. The van der Waals surface area contributed by atoms with Crippen LogP contribution < -0.4 is 11.1 Å². The number of carbonyl (C=O) groups excluding carboxylic acids is 1. The lowest BCUT2D eigenvalue weighted by molar-refractivity contribution is 0.104. The number of aromatic nitrogens is 2. The van der Waals surface area contributed by atoms with Crippen molar-refractivity contribution in [1.82, 2.24) is 9.97 Å². The normalized spacial score (nSPS) is 10.9. The van der Waals surface area contributed by atoms with Crippen molar-refractivity contribution in [2.45, 2.75) is 6.92 Å². The third-order valence-electron chi connectivity index (χ3n) is 4.00. The Morgan fingerprint density at radius 1 is 1.16 bits per heavy atom. The number of nitrogen functional groups attached to an aromatic ring is 1. The smallest absolute Gasteiger partial charge is 0.208 e. The van der Waals surface area contributed by atoms with Gasteiger partial charge in [0.25, 0.3) is 0 Å². The summed E-state index contributed by atoms with van der Waals surface area (Å²) < 4.78 is 0. The lowest BCUT2D eigenvalue weighted by Crippen LogP contribution is -2.01. The van der Waals surface area contributed by atoms with Gasteiger partial charge in [-0.1, -0.05) is 47.2 Å². The number of para-hydroxylation sites is 1. The maximum Gasteiger partial charge on any atom is 0.208 e. The van der Waals surface area contributed by atoms with Crippen LogP contribution in [0.5, 0.6) is 0 Å². The number of hydrogen-bond acceptors (Lipinski definition) is 5. The number of aromatic amines is 1. The van der Waals surface area contributed by atoms with Gasteiger partial charge in [0.15, 0.2) is 5.13 Å². The van der Waals surface area contributed by atoms with Crippen LogP contribution in [-0.4, -0.2) is 15.8 Å². The summed E-state index contributed by atoms with van der Waals surface area (Å²) in [6.45, 7) is 2.03. The van der Waals surface area contributed by atoms with Crippen LogP contribution in [0.25, 0.3) is 10.9 Å². The third kappa shape index (κ3) is 2.88. The second-order valence-electron chi connectivity index (χ2n) is 5.80. The van der Waals surface area contributed by atoms with Crippen LogP contribution in [0.3, 0.4) is 0 Å². The summed E-state index contributed by atoms with van der Waals surface area (Å²) in [6.07, 6.45) is 1.72. The minimum absolute atomic E-state index is 0.121. The number of H-pyrrole nitrogens is 1. The van der Waals surface area contributed by atoms with Gasteiger partial charge in [0.2, 0.25) is 5.78 Å². The summed E-state index contributed by atoms with van der Waals surface area (Å²) in [5.74, 6) is 0.124. The Morgan fingerprint density at radius 2 is 1.92 bits per heavy atom. The van der Waals surface area contributed by atoms with Crippen LogP contribution >= 0.6 is 11.3 Å². The predicted octanol–water partition coefficient (Wildman–Crippen LogP) is 4.49. The van der Waals surface area contributed by atoms with E-state index in [2.05, 4.69) is 15.3 Å². The van der Waals surface area contributed by atoms with Gasteiger partial charge in [-0.05, 0) is 25.1 Å². The van der Waals surface area contributed by atoms with Gasteiger partial charge in [0.1, 0.15) is 10.7 Å². The molecule has 4 N–H and O–H groups in total. The van der Waals surface area contributed by atoms with Gasteiger partial charge in [-0.25, -0.2) is 4.98 Å². The molecule has 0 aliphatic carbocycles. The molecule has 4 aromatic rings. The second-order valence-corrected chi connectivity index (χ2v) is 6.80. The second kappa shape index (κ2) is 6.07. The van der Waals surface area contributed by atoms with Crippen molar-refractivity contribution in [3.05, 3.63) is 70.7 Å². The number of nitrogens with one attached hydrogen (secondary N) is 2. The molecule has 2 aromatic heterocycles. The lowest BCUT2D eigenvalue weighted by atomic mass is 10.1. The highest BCUT2D eigenvalue weighted by atomic mass is 32.1. The Bertz CT molecular complexity index is 1060. The Kier molecular flexibility index (Phi) is 3.74. The Balaban J connectivity index is 1.65. The molecule has 0 saturated carbocycles. The topological polar surface area (TPSA) is 83.8 Å². The summed E-state index contributed by atoms with van der Waals surface area (Å²) in [7, 11) is 0. The molecule has 2 aromatic carbocycles. The monoisotopic (exact) mass is 348 g/mol. The summed E-state index contributed by atoms with van der Waals surface area (Å²) in [5.41, 5.74) is 9.61. The number of ketones is 1. The summed E-state index contributed by atoms with van der Waals surface area (Å²) in [4.78, 5) is 20.7. The molecule has 0 unspecified atom stereocenters. The van der Waals surface area contributed by atoms with Crippen LogP contribution in [0.1, 0.15) is 20.8 Å². The zero-order valence-electron chi connectivity index (χ0n) is 13.5. The molecule has 0 aliphatic rings. The van der Waals surface area contributed by atoms with Crippen molar-refractivity contribution in [1.29, 1.82) is 0 Å². The van der Waals surface area contributed by atoms with E-state index in [-0.39, 0.29) is 11.6 Å². The standard InChI is InChI=1S/C19H16N4OS/c1-11-6-8-12(9-7-11)22-19-23-18(20)17(25-19)16(24)14-10-21-15-5-3-2-4-13(14)15/h2-10,21H,20H2,1H3,(H,22,23). The molecule has 0 spiro atoms. The van der Waals surface area contributed by atoms with E-state index >= 15 is 0 Å². The van der Waals surface area contributed by atoms with Crippen LogP contribution in [0.4, 0.5) is 16.6 Å². The molecular weight excluding hydrogens is 332 g/mol. The molecule has 2 heterocycles. The largest absolute Gasteiger partial charge is 0.382 e. The van der Waals surface area contributed by atoms with Gasteiger partial charge in [0.05, 0.1) is 0 Å². The van der Waals surface area contributed by atoms with Crippen molar-refractivity contribution in [2.75, 3.05) is 11.1 Å². The highest BCUT2D eigenvalue weighted by Crippen LogP contribution is 2.31. The third-order valence-corrected chi connectivity index (χ3v) is 4.98. The zero-order chi connectivity index (χ0) is 17.4. The number of anilines is 3. The number of carbonyl (C=O) groups is 1. The average molecular weight is 348 g/mol. The van der Waals surface area contributed by atoms with E-state index in [1.54, 1.807) is 6.20 Å². The molecule has 0 atom stereocenters. The first-order valence-electron chi connectivity index (χ1n) is 7.82. The molecule has 0 bridgehead atoms. The first kappa shape index (κ1) is 15.4. The van der Waals surface area contributed by atoms with E-state index in [0.29, 0.717) is 15.6 Å². The van der Waals surface area contributed by atoms with Crippen molar-refractivity contribution >= 4 is 44.7 Å². The van der Waals surface area contributed by atoms with Gasteiger partial charge < -0.3 is 16.0 Å². The summed E-state index contributed by atoms with van der Waals surface area (Å²) in [6, 6.07) is 15.6. The van der Waals surface area contributed by atoms with E-state index in [1.165, 1.54) is 16.9 Å². The van der Waals surface area contributed by atoms with E-state index in [4.69, 9.17) is 5.73 Å². The van der Waals surface area contributed by atoms with Crippen LogP contribution in [0, 0.1) is 6.92 Å². The molecule has 4 rings (SSSR count). The van der Waals surface area contributed by atoms with E-state index < -0.39 is 0 Å². The predicted molar refractivity (Wildman–Crippen MR) is 103 cm³/mol. The molecule has 0 saturated heterocycles. The molecular formula is C19H16N4OS. The molecule has 0 aliphatic heterocycles. The molecule has 5 nitrogen and oxygen atoms in total. The lowest BCUT2D eigenvalue weighted by Gasteiger charge is -2.01. The first-order chi connectivity index (χ1) is 12.1. The number of fused-ring (bicyclic) bond motifs is 1. The van der Waals surface area contributed by atoms with E-state index in [1.807, 2.05) is 55.5 Å². The van der Waals surface area contributed by atoms with Crippen molar-refractivity contribution in [3.8, 4) is 0 Å². The Hall–Kier alpha value is -3.12. The number of benzene rings is 2. The quantitative estimate of drug-likeness (QED) is 0.475. The fraction of sp³-hybridized carbons (Fsp3) is 0.0526. The van der Waals surface area contributed by atoms with E-state index in [9.17, 15) is 4.79 Å². The number of nitrogens with two attached hydrogens (primary N) is 1. The number of nitrogens with zero attached hydrogens (tertiary/aromatic N) is 1. The van der Waals surface area contributed by atoms with Crippen LogP contribution in [0.15, 0.2) is 54.7 Å². The van der Waals surface area contributed by atoms with Gasteiger partial charge >= 0.3 is 0 Å². The Morgan fingerprint density at radius 3 is 2.72 bits per heavy atom. The highest BCUT2D eigenvalue weighted by Gasteiger charge is 2.20. The fourth-order valence-electron chi connectivity index (χ4n) is 2.69. The van der Waals surface area contributed by atoms with E-state index in [0.717, 1.165) is 16.6 Å². The average Bonchev–Trinajstić information content (AvgIpc) is 3.20. The van der Waals surface area contributed by atoms with Crippen LogP contribution in [0.2, 0.25) is 0 Å². The number of aryl methyl sites for hydroxylation is 1. The maximum absolute atomic E-state index is 12.9. The zero-order valence-corrected chi connectivity index (χ0v) is 14.4. The van der Waals surface area contributed by atoms with Crippen molar-refractivity contribution < 1.29 is 4.79 Å². The maximum atomic E-state index is 12.9. The highest BCUT2D eigenvalue weighted by molar-refractivity contribution is 7.18. The van der Waals surface area contributed by atoms with Gasteiger partial charge in [-0.15, -0.1) is 0 Å². The summed E-state index contributed by atoms with van der Waals surface area (Å²) in [5, 5.41) is 4.68. The van der Waals surface area contributed by atoms with Gasteiger partial charge in [0, 0.05) is 28.4 Å².